The highest BCUT2D eigenvalue weighted by Gasteiger charge is 2.27. The number of halogens is 3. The van der Waals surface area contributed by atoms with Crippen LogP contribution in [0.15, 0.2) is 12.1 Å². The number of hydrogen-bond donors (Lipinski definition) is 3. The van der Waals surface area contributed by atoms with Gasteiger partial charge in [0.1, 0.15) is 6.54 Å². The molecule has 0 saturated carbocycles. The van der Waals surface area contributed by atoms with Crippen molar-refractivity contribution in [2.45, 2.75) is 19.0 Å². The van der Waals surface area contributed by atoms with Crippen molar-refractivity contribution in [3.05, 3.63) is 17.7 Å². The number of anilines is 3. The minimum absolute atomic E-state index is 0.113. The fourth-order valence-corrected chi connectivity index (χ4v) is 1.79. The van der Waals surface area contributed by atoms with Crippen LogP contribution >= 0.6 is 0 Å². The van der Waals surface area contributed by atoms with Crippen molar-refractivity contribution in [1.29, 1.82) is 0 Å². The van der Waals surface area contributed by atoms with Crippen molar-refractivity contribution in [2.75, 3.05) is 22.9 Å². The Morgan fingerprint density at radius 1 is 1.33 bits per heavy atom. The summed E-state index contributed by atoms with van der Waals surface area (Å²) in [7, 11) is 0. The van der Waals surface area contributed by atoms with Gasteiger partial charge in [-0.3, -0.25) is 4.79 Å². The summed E-state index contributed by atoms with van der Waals surface area (Å²) >= 11 is 0. The Morgan fingerprint density at radius 3 is 2.72 bits per heavy atom. The molecule has 7 heteroatoms. The summed E-state index contributed by atoms with van der Waals surface area (Å²) in [6.45, 7) is -1.14. The number of amides is 1. The first kappa shape index (κ1) is 12.5. The van der Waals surface area contributed by atoms with Crippen LogP contribution in [-0.4, -0.2) is 18.6 Å². The number of nitrogens with two attached hydrogens (primary N) is 1. The van der Waals surface area contributed by atoms with E-state index in [4.69, 9.17) is 5.73 Å². The molecule has 0 bridgehead atoms. The van der Waals surface area contributed by atoms with E-state index in [9.17, 15) is 18.0 Å². The van der Waals surface area contributed by atoms with Crippen molar-refractivity contribution in [3.63, 3.8) is 0 Å². The maximum Gasteiger partial charge on any atom is 0.405 e. The molecular weight excluding hydrogens is 247 g/mol. The third-order valence-corrected chi connectivity index (χ3v) is 2.65. The summed E-state index contributed by atoms with van der Waals surface area (Å²) in [4.78, 5) is 11.2. The van der Waals surface area contributed by atoms with Crippen LogP contribution in [0, 0.1) is 0 Å². The summed E-state index contributed by atoms with van der Waals surface area (Å²) in [5.74, 6) is -0.113. The molecule has 0 aromatic heterocycles. The zero-order valence-electron chi connectivity index (χ0n) is 9.40. The maximum atomic E-state index is 12.1. The maximum absolute atomic E-state index is 12.1. The Balaban J connectivity index is 2.20. The van der Waals surface area contributed by atoms with Crippen LogP contribution in [0.4, 0.5) is 30.2 Å². The van der Waals surface area contributed by atoms with Gasteiger partial charge in [-0.25, -0.2) is 0 Å². The highest BCUT2D eigenvalue weighted by molar-refractivity contribution is 5.95. The van der Waals surface area contributed by atoms with Gasteiger partial charge in [-0.05, 0) is 24.1 Å². The third kappa shape index (κ3) is 2.85. The fraction of sp³-hybridized carbons (Fsp3) is 0.364. The first-order valence-electron chi connectivity index (χ1n) is 5.38. The lowest BCUT2D eigenvalue weighted by atomic mass is 10.0. The SMILES string of the molecule is Nc1cc2c(cc1NCC(F)(F)F)CCC(=O)N2. The number of hydrogen-bond acceptors (Lipinski definition) is 3. The molecule has 1 aliphatic heterocycles. The smallest absolute Gasteiger partial charge is 0.397 e. The molecule has 0 fully saturated rings. The number of fused-ring (bicyclic) bond motifs is 1. The van der Waals surface area contributed by atoms with Crippen LogP contribution in [0.1, 0.15) is 12.0 Å². The molecule has 0 saturated heterocycles. The van der Waals surface area contributed by atoms with Gasteiger partial charge in [0, 0.05) is 12.1 Å². The molecule has 2 rings (SSSR count). The van der Waals surface area contributed by atoms with Gasteiger partial charge in [-0.15, -0.1) is 0 Å². The molecule has 1 aromatic carbocycles. The van der Waals surface area contributed by atoms with Gasteiger partial charge in [-0.1, -0.05) is 0 Å². The number of alkyl halides is 3. The minimum Gasteiger partial charge on any atom is -0.397 e. The second-order valence-electron chi connectivity index (χ2n) is 4.11. The molecule has 4 N–H and O–H groups in total. The number of benzene rings is 1. The molecule has 1 aliphatic rings. The fourth-order valence-electron chi connectivity index (χ4n) is 1.79. The predicted octanol–water partition coefficient (Wildman–Crippen LogP) is 2.13. The highest BCUT2D eigenvalue weighted by atomic mass is 19.4. The van der Waals surface area contributed by atoms with Crippen LogP contribution in [0.25, 0.3) is 0 Å². The lowest BCUT2D eigenvalue weighted by molar-refractivity contribution is -0.116. The van der Waals surface area contributed by atoms with Crippen LogP contribution in [0.2, 0.25) is 0 Å². The van der Waals surface area contributed by atoms with E-state index in [1.54, 1.807) is 6.07 Å². The van der Waals surface area contributed by atoms with E-state index in [1.165, 1.54) is 6.07 Å². The van der Waals surface area contributed by atoms with E-state index in [-0.39, 0.29) is 17.3 Å². The minimum atomic E-state index is -4.30. The summed E-state index contributed by atoms with van der Waals surface area (Å²) in [6.07, 6.45) is -3.46. The average Bonchev–Trinajstić information content (AvgIpc) is 2.25. The summed E-state index contributed by atoms with van der Waals surface area (Å²) in [5.41, 5.74) is 7.41. The summed E-state index contributed by atoms with van der Waals surface area (Å²) in [6, 6.07) is 3.03. The summed E-state index contributed by atoms with van der Waals surface area (Å²) < 4.78 is 36.3. The topological polar surface area (TPSA) is 67.1 Å². The van der Waals surface area contributed by atoms with E-state index in [2.05, 4.69) is 10.6 Å². The molecule has 0 atom stereocenters. The Morgan fingerprint density at radius 2 is 2.06 bits per heavy atom. The first-order valence-corrected chi connectivity index (χ1v) is 5.38. The average molecular weight is 259 g/mol. The zero-order chi connectivity index (χ0) is 13.3. The molecular formula is C11H12F3N3O. The van der Waals surface area contributed by atoms with Gasteiger partial charge in [0.2, 0.25) is 5.91 Å². The van der Waals surface area contributed by atoms with E-state index >= 15 is 0 Å². The van der Waals surface area contributed by atoms with Crippen molar-refractivity contribution in [2.24, 2.45) is 0 Å². The van der Waals surface area contributed by atoms with E-state index in [0.717, 1.165) is 5.56 Å². The third-order valence-electron chi connectivity index (χ3n) is 2.65. The second kappa shape index (κ2) is 4.40. The van der Waals surface area contributed by atoms with Gasteiger partial charge in [-0.2, -0.15) is 13.2 Å². The van der Waals surface area contributed by atoms with Crippen molar-refractivity contribution in [3.8, 4) is 0 Å². The van der Waals surface area contributed by atoms with E-state index < -0.39 is 12.7 Å². The summed E-state index contributed by atoms with van der Waals surface area (Å²) in [5, 5.41) is 4.88. The van der Waals surface area contributed by atoms with E-state index in [0.29, 0.717) is 18.5 Å². The van der Waals surface area contributed by atoms with Crippen molar-refractivity contribution in [1.82, 2.24) is 0 Å². The number of carbonyl (C=O) groups is 1. The Bertz CT molecular complexity index is 485. The lowest BCUT2D eigenvalue weighted by Gasteiger charge is -2.20. The van der Waals surface area contributed by atoms with Crippen molar-refractivity contribution < 1.29 is 18.0 Å². The molecule has 0 unspecified atom stereocenters. The lowest BCUT2D eigenvalue weighted by Crippen LogP contribution is -2.23. The van der Waals surface area contributed by atoms with Crippen LogP contribution in [0.3, 0.4) is 0 Å². The molecule has 0 aliphatic carbocycles. The molecule has 0 spiro atoms. The number of aryl methyl sites for hydroxylation is 1. The number of nitrogen functional groups attached to an aromatic ring is 1. The highest BCUT2D eigenvalue weighted by Crippen LogP contribution is 2.31. The van der Waals surface area contributed by atoms with Crippen LogP contribution < -0.4 is 16.4 Å². The predicted molar refractivity (Wildman–Crippen MR) is 62.3 cm³/mol. The first-order chi connectivity index (χ1) is 8.35. The van der Waals surface area contributed by atoms with Crippen LogP contribution in [-0.2, 0) is 11.2 Å². The normalized spacial score (nSPS) is 14.9. The number of rotatable bonds is 2. The van der Waals surface area contributed by atoms with Crippen LogP contribution in [0.5, 0.6) is 0 Å². The van der Waals surface area contributed by atoms with Gasteiger partial charge in [0.25, 0.3) is 0 Å². The molecule has 98 valence electrons. The quantitative estimate of drug-likeness (QED) is 0.713. The molecule has 0 radical (unpaired) electrons. The van der Waals surface area contributed by atoms with Crippen molar-refractivity contribution >= 4 is 23.0 Å². The van der Waals surface area contributed by atoms with Gasteiger partial charge < -0.3 is 16.4 Å². The zero-order valence-corrected chi connectivity index (χ0v) is 9.40. The second-order valence-corrected chi connectivity index (χ2v) is 4.11. The Kier molecular flexibility index (Phi) is 3.06. The Hall–Kier alpha value is -1.92. The Labute approximate surface area is 101 Å². The molecule has 18 heavy (non-hydrogen) atoms. The number of nitrogens with one attached hydrogen (secondary N) is 2. The standard InChI is InChI=1S/C11H12F3N3O/c12-11(13,14)5-16-9-3-6-1-2-10(18)17-8(6)4-7(9)15/h3-4,16H,1-2,5,15H2,(H,17,18). The molecule has 1 amide bonds. The monoisotopic (exact) mass is 259 g/mol. The molecule has 4 nitrogen and oxygen atoms in total. The van der Waals surface area contributed by atoms with Gasteiger partial charge in [0.05, 0.1) is 11.4 Å². The van der Waals surface area contributed by atoms with Gasteiger partial charge >= 0.3 is 6.18 Å². The van der Waals surface area contributed by atoms with E-state index in [1.807, 2.05) is 0 Å². The largest absolute Gasteiger partial charge is 0.405 e. The molecule has 1 aromatic rings. The number of carbonyl (C=O) groups excluding carboxylic acids is 1. The molecule has 1 heterocycles. The van der Waals surface area contributed by atoms with Gasteiger partial charge in [0.15, 0.2) is 0 Å².